The van der Waals surface area contributed by atoms with E-state index in [1.165, 1.54) is 0 Å². The molecular weight excluding hydrogens is 372 g/mol. The van der Waals surface area contributed by atoms with E-state index < -0.39 is 10.0 Å². The molecule has 0 spiro atoms. The average Bonchev–Trinajstić information content (AvgIpc) is 2.58. The zero-order valence-corrected chi connectivity index (χ0v) is 18.3. The number of aryl methyl sites for hydroxylation is 1. The number of carbonyl (C=O) groups excluding carboxylic acids is 1. The van der Waals surface area contributed by atoms with Gasteiger partial charge < -0.3 is 5.32 Å². The summed E-state index contributed by atoms with van der Waals surface area (Å²) in [6.07, 6.45) is 1.11. The molecule has 152 valence electrons. The number of benzene rings is 2. The Kier molecular flexibility index (Phi) is 6.55. The Bertz CT molecular complexity index is 912. The van der Waals surface area contributed by atoms with Gasteiger partial charge in [-0.3, -0.25) is 9.10 Å². The summed E-state index contributed by atoms with van der Waals surface area (Å²) >= 11 is 0. The lowest BCUT2D eigenvalue weighted by Crippen LogP contribution is -2.41. The predicted molar refractivity (Wildman–Crippen MR) is 115 cm³/mol. The Morgan fingerprint density at radius 1 is 1.04 bits per heavy atom. The molecule has 0 aromatic heterocycles. The fourth-order valence-corrected chi connectivity index (χ4v) is 3.74. The summed E-state index contributed by atoms with van der Waals surface area (Å²) in [6, 6.07) is 15.0. The quantitative estimate of drug-likeness (QED) is 0.796. The number of amides is 1. The van der Waals surface area contributed by atoms with Crippen LogP contribution < -0.4 is 9.62 Å². The van der Waals surface area contributed by atoms with Crippen molar-refractivity contribution in [3.8, 4) is 0 Å². The summed E-state index contributed by atoms with van der Waals surface area (Å²) in [6.45, 7) is 9.90. The first kappa shape index (κ1) is 22.0. The lowest BCUT2D eigenvalue weighted by molar-refractivity contribution is -0.120. The van der Waals surface area contributed by atoms with Gasteiger partial charge in [0.1, 0.15) is 6.54 Å². The van der Waals surface area contributed by atoms with Crippen molar-refractivity contribution in [2.75, 3.05) is 17.1 Å². The second kappa shape index (κ2) is 8.35. The third-order valence-corrected chi connectivity index (χ3v) is 5.80. The maximum atomic E-state index is 12.5. The Balaban J connectivity index is 2.16. The Morgan fingerprint density at radius 2 is 1.57 bits per heavy atom. The van der Waals surface area contributed by atoms with E-state index in [1.807, 2.05) is 50.2 Å². The normalized spacial score (nSPS) is 13.1. The molecule has 5 nitrogen and oxygen atoms in total. The monoisotopic (exact) mass is 402 g/mol. The fraction of sp³-hybridized carbons (Fsp3) is 0.409. The van der Waals surface area contributed by atoms with Crippen molar-refractivity contribution >= 4 is 21.6 Å². The third kappa shape index (κ3) is 5.83. The molecule has 0 fully saturated rings. The van der Waals surface area contributed by atoms with Gasteiger partial charge in [-0.25, -0.2) is 8.42 Å². The SMILES string of the molecule is Cc1ccc([C@H](C)NC(=O)CN(c2ccc(C(C)(C)C)cc2)S(C)(=O)=O)cc1. The zero-order chi connectivity index (χ0) is 21.1. The highest BCUT2D eigenvalue weighted by Crippen LogP contribution is 2.26. The van der Waals surface area contributed by atoms with E-state index in [9.17, 15) is 13.2 Å². The molecule has 0 heterocycles. The van der Waals surface area contributed by atoms with Gasteiger partial charge in [0.05, 0.1) is 18.0 Å². The van der Waals surface area contributed by atoms with E-state index in [0.717, 1.165) is 27.3 Å². The molecule has 2 rings (SSSR count). The lowest BCUT2D eigenvalue weighted by Gasteiger charge is -2.25. The summed E-state index contributed by atoms with van der Waals surface area (Å²) in [7, 11) is -3.59. The first-order valence-corrected chi connectivity index (χ1v) is 11.2. The van der Waals surface area contributed by atoms with Gasteiger partial charge in [-0.05, 0) is 42.5 Å². The number of nitrogens with one attached hydrogen (secondary N) is 1. The molecule has 1 N–H and O–H groups in total. The van der Waals surface area contributed by atoms with E-state index in [1.54, 1.807) is 12.1 Å². The lowest BCUT2D eigenvalue weighted by atomic mass is 9.87. The molecule has 0 saturated heterocycles. The number of nitrogens with zero attached hydrogens (tertiary/aromatic N) is 1. The van der Waals surface area contributed by atoms with Crippen LogP contribution in [0.5, 0.6) is 0 Å². The first-order chi connectivity index (χ1) is 12.9. The van der Waals surface area contributed by atoms with E-state index in [0.29, 0.717) is 5.69 Å². The number of carbonyl (C=O) groups is 1. The molecule has 28 heavy (non-hydrogen) atoms. The predicted octanol–water partition coefficient (Wildman–Crippen LogP) is 3.94. The average molecular weight is 403 g/mol. The molecule has 0 radical (unpaired) electrons. The molecule has 2 aromatic rings. The van der Waals surface area contributed by atoms with E-state index >= 15 is 0 Å². The van der Waals surface area contributed by atoms with Crippen LogP contribution in [0.2, 0.25) is 0 Å². The molecule has 2 aromatic carbocycles. The van der Waals surface area contributed by atoms with Crippen LogP contribution in [-0.4, -0.2) is 27.1 Å². The number of hydrogen-bond donors (Lipinski definition) is 1. The van der Waals surface area contributed by atoms with Crippen molar-refractivity contribution in [3.63, 3.8) is 0 Å². The van der Waals surface area contributed by atoms with Crippen molar-refractivity contribution < 1.29 is 13.2 Å². The maximum Gasteiger partial charge on any atom is 0.241 e. The van der Waals surface area contributed by atoms with E-state index in [4.69, 9.17) is 0 Å². The van der Waals surface area contributed by atoms with E-state index in [2.05, 4.69) is 26.1 Å². The van der Waals surface area contributed by atoms with Crippen LogP contribution in [0.25, 0.3) is 0 Å². The highest BCUT2D eigenvalue weighted by molar-refractivity contribution is 7.92. The fourth-order valence-electron chi connectivity index (χ4n) is 2.88. The highest BCUT2D eigenvalue weighted by atomic mass is 32.2. The second-order valence-corrected chi connectivity index (χ2v) is 10.2. The van der Waals surface area contributed by atoms with Gasteiger partial charge in [0, 0.05) is 0 Å². The van der Waals surface area contributed by atoms with Crippen LogP contribution in [0.4, 0.5) is 5.69 Å². The number of rotatable bonds is 6. The Hall–Kier alpha value is -2.34. The standard InChI is InChI=1S/C22H30N2O3S/c1-16-7-9-18(10-8-16)17(2)23-21(25)15-24(28(6,26)27)20-13-11-19(12-14-20)22(3,4)5/h7-14,17H,15H2,1-6H3,(H,23,25)/t17-/m0/s1. The van der Waals surface area contributed by atoms with Crippen molar-refractivity contribution in [1.29, 1.82) is 0 Å². The number of sulfonamides is 1. The van der Waals surface area contributed by atoms with Crippen molar-refractivity contribution in [1.82, 2.24) is 5.32 Å². The molecule has 0 bridgehead atoms. The smallest absolute Gasteiger partial charge is 0.241 e. The largest absolute Gasteiger partial charge is 0.348 e. The molecule has 6 heteroatoms. The molecule has 0 saturated carbocycles. The van der Waals surface area contributed by atoms with Crippen LogP contribution in [-0.2, 0) is 20.2 Å². The van der Waals surface area contributed by atoms with Crippen molar-refractivity contribution in [3.05, 3.63) is 65.2 Å². The van der Waals surface area contributed by atoms with Gasteiger partial charge in [-0.2, -0.15) is 0 Å². The second-order valence-electron chi connectivity index (χ2n) is 8.27. The van der Waals surface area contributed by atoms with Crippen molar-refractivity contribution in [2.24, 2.45) is 0 Å². The van der Waals surface area contributed by atoms with Crippen LogP contribution >= 0.6 is 0 Å². The Labute approximate surface area is 168 Å². The first-order valence-electron chi connectivity index (χ1n) is 9.32. The molecule has 1 amide bonds. The van der Waals surface area contributed by atoms with Gasteiger partial charge in [-0.1, -0.05) is 62.7 Å². The molecular formula is C22H30N2O3S. The molecule has 0 unspecified atom stereocenters. The van der Waals surface area contributed by atoms with Crippen LogP contribution in [0.3, 0.4) is 0 Å². The Morgan fingerprint density at radius 3 is 2.04 bits per heavy atom. The minimum absolute atomic E-state index is 0.0324. The summed E-state index contributed by atoms with van der Waals surface area (Å²) in [5.41, 5.74) is 3.66. The number of anilines is 1. The molecule has 0 aliphatic rings. The summed E-state index contributed by atoms with van der Waals surface area (Å²) in [5.74, 6) is -0.349. The maximum absolute atomic E-state index is 12.5. The minimum Gasteiger partial charge on any atom is -0.348 e. The topological polar surface area (TPSA) is 66.5 Å². The van der Waals surface area contributed by atoms with Gasteiger partial charge in [-0.15, -0.1) is 0 Å². The minimum atomic E-state index is -3.59. The molecule has 1 atom stereocenters. The molecule has 0 aliphatic heterocycles. The van der Waals surface area contributed by atoms with E-state index in [-0.39, 0.29) is 23.9 Å². The zero-order valence-electron chi connectivity index (χ0n) is 17.5. The van der Waals surface area contributed by atoms with Gasteiger partial charge in [0.15, 0.2) is 0 Å². The highest BCUT2D eigenvalue weighted by Gasteiger charge is 2.23. The molecule has 0 aliphatic carbocycles. The van der Waals surface area contributed by atoms with Crippen LogP contribution in [0.15, 0.2) is 48.5 Å². The third-order valence-electron chi connectivity index (χ3n) is 4.66. The van der Waals surface area contributed by atoms with Gasteiger partial charge in [0.25, 0.3) is 0 Å². The van der Waals surface area contributed by atoms with Crippen LogP contribution in [0, 0.1) is 6.92 Å². The van der Waals surface area contributed by atoms with Gasteiger partial charge >= 0.3 is 0 Å². The van der Waals surface area contributed by atoms with Crippen LogP contribution in [0.1, 0.15) is 50.4 Å². The summed E-state index contributed by atoms with van der Waals surface area (Å²) < 4.78 is 25.7. The summed E-state index contributed by atoms with van der Waals surface area (Å²) in [4.78, 5) is 12.5. The number of hydrogen-bond acceptors (Lipinski definition) is 3. The van der Waals surface area contributed by atoms with Gasteiger partial charge in [0.2, 0.25) is 15.9 Å². The summed E-state index contributed by atoms with van der Waals surface area (Å²) in [5, 5.41) is 2.88. The van der Waals surface area contributed by atoms with Crippen molar-refractivity contribution in [2.45, 2.75) is 46.1 Å².